The summed E-state index contributed by atoms with van der Waals surface area (Å²) in [6.45, 7) is -0.0231. The number of rotatable bonds is 4. The third kappa shape index (κ3) is 3.22. The fourth-order valence-corrected chi connectivity index (χ4v) is 3.48. The summed E-state index contributed by atoms with van der Waals surface area (Å²) in [5, 5.41) is 3.94. The largest absolute Gasteiger partial charge is 0.484 e. The van der Waals surface area contributed by atoms with Gasteiger partial charge in [-0.25, -0.2) is 4.39 Å². The van der Waals surface area contributed by atoms with Gasteiger partial charge in [-0.3, -0.25) is 4.79 Å². The first-order valence-corrected chi connectivity index (χ1v) is 8.48. The van der Waals surface area contributed by atoms with Crippen molar-refractivity contribution in [1.29, 1.82) is 0 Å². The van der Waals surface area contributed by atoms with Gasteiger partial charge in [0, 0.05) is 16.6 Å². The van der Waals surface area contributed by atoms with Gasteiger partial charge in [-0.1, -0.05) is 18.2 Å². The molecule has 0 aliphatic heterocycles. The van der Waals surface area contributed by atoms with Crippen molar-refractivity contribution >= 4 is 16.8 Å². The minimum atomic E-state index is -0.239. The van der Waals surface area contributed by atoms with Crippen LogP contribution in [0.1, 0.15) is 30.1 Å². The number of halogens is 1. The van der Waals surface area contributed by atoms with Crippen LogP contribution >= 0.6 is 0 Å². The van der Waals surface area contributed by atoms with E-state index in [1.807, 2.05) is 30.3 Å². The normalized spacial score (nSPS) is 16.4. The second-order valence-electron chi connectivity index (χ2n) is 6.32. The van der Waals surface area contributed by atoms with Crippen LogP contribution in [0.4, 0.5) is 4.39 Å². The predicted molar refractivity (Wildman–Crippen MR) is 94.0 cm³/mol. The van der Waals surface area contributed by atoms with E-state index in [4.69, 9.17) is 4.74 Å². The van der Waals surface area contributed by atoms with E-state index in [1.165, 1.54) is 6.07 Å². The Morgan fingerprint density at radius 1 is 1.24 bits per heavy atom. The van der Waals surface area contributed by atoms with Gasteiger partial charge in [0.1, 0.15) is 11.6 Å². The van der Waals surface area contributed by atoms with E-state index in [1.54, 1.807) is 12.1 Å². The van der Waals surface area contributed by atoms with E-state index in [0.717, 1.165) is 41.4 Å². The van der Waals surface area contributed by atoms with Crippen LogP contribution in [0.5, 0.6) is 5.75 Å². The number of benzene rings is 2. The Morgan fingerprint density at radius 2 is 2.08 bits per heavy atom. The fraction of sp³-hybridized carbons (Fsp3) is 0.250. The lowest BCUT2D eigenvalue weighted by atomic mass is 9.91. The average Bonchev–Trinajstić information content (AvgIpc) is 3.00. The smallest absolute Gasteiger partial charge is 0.258 e. The van der Waals surface area contributed by atoms with E-state index in [2.05, 4.69) is 10.3 Å². The van der Waals surface area contributed by atoms with E-state index in [0.29, 0.717) is 5.75 Å². The highest BCUT2D eigenvalue weighted by Gasteiger charge is 2.25. The van der Waals surface area contributed by atoms with Gasteiger partial charge in [-0.2, -0.15) is 0 Å². The number of aryl methyl sites for hydroxylation is 1. The van der Waals surface area contributed by atoms with Crippen LogP contribution in [0.3, 0.4) is 0 Å². The molecule has 25 heavy (non-hydrogen) atoms. The van der Waals surface area contributed by atoms with Gasteiger partial charge in [0.25, 0.3) is 5.91 Å². The van der Waals surface area contributed by atoms with Gasteiger partial charge >= 0.3 is 0 Å². The Kier molecular flexibility index (Phi) is 4.14. The van der Waals surface area contributed by atoms with Gasteiger partial charge in [0.2, 0.25) is 0 Å². The van der Waals surface area contributed by atoms with Gasteiger partial charge in [-0.15, -0.1) is 0 Å². The summed E-state index contributed by atoms with van der Waals surface area (Å²) < 4.78 is 19.1. The molecule has 1 aliphatic rings. The molecule has 0 spiro atoms. The molecule has 0 radical (unpaired) electrons. The number of amides is 1. The maximum Gasteiger partial charge on any atom is 0.258 e. The van der Waals surface area contributed by atoms with Crippen molar-refractivity contribution in [2.75, 3.05) is 6.61 Å². The number of aromatic nitrogens is 1. The van der Waals surface area contributed by atoms with Gasteiger partial charge in [0.05, 0.1) is 6.04 Å². The first kappa shape index (κ1) is 15.7. The van der Waals surface area contributed by atoms with Gasteiger partial charge < -0.3 is 15.0 Å². The zero-order valence-corrected chi connectivity index (χ0v) is 13.7. The van der Waals surface area contributed by atoms with Crippen LogP contribution in [0, 0.1) is 5.82 Å². The number of aromatic amines is 1. The molecule has 0 saturated carbocycles. The van der Waals surface area contributed by atoms with Crippen LogP contribution < -0.4 is 10.1 Å². The minimum absolute atomic E-state index is 0.0231. The molecule has 1 atom stereocenters. The summed E-state index contributed by atoms with van der Waals surface area (Å²) in [5.74, 6) is 0.270. The molecule has 0 saturated heterocycles. The van der Waals surface area contributed by atoms with Crippen LogP contribution in [0.2, 0.25) is 0 Å². The van der Waals surface area contributed by atoms with E-state index >= 15 is 0 Å². The number of hydrogen-bond acceptors (Lipinski definition) is 2. The molecule has 128 valence electrons. The molecular formula is C20H19FN2O2. The summed E-state index contributed by atoms with van der Waals surface area (Å²) in [6, 6.07) is 13.9. The Balaban J connectivity index is 1.49. The Bertz CT molecular complexity index is 905. The average molecular weight is 338 g/mol. The van der Waals surface area contributed by atoms with E-state index in [9.17, 15) is 9.18 Å². The standard InChI is InChI=1S/C20H19FN2O2/c21-13-9-10-17-16(11-13)15-7-4-8-18(20(15)23-17)22-19(24)12-25-14-5-2-1-3-6-14/h1-3,5-6,9-11,18,23H,4,7-8,12H2,(H,22,24)/t18-/m1/s1. The Hall–Kier alpha value is -2.82. The van der Waals surface area contributed by atoms with Crippen molar-refractivity contribution < 1.29 is 13.9 Å². The summed E-state index contributed by atoms with van der Waals surface area (Å²) in [7, 11) is 0. The molecule has 1 heterocycles. The van der Waals surface area contributed by atoms with Crippen molar-refractivity contribution in [2.45, 2.75) is 25.3 Å². The molecule has 2 N–H and O–H groups in total. The molecule has 1 amide bonds. The summed E-state index contributed by atoms with van der Waals surface area (Å²) in [5.41, 5.74) is 3.00. The molecule has 0 fully saturated rings. The topological polar surface area (TPSA) is 54.1 Å². The molecule has 5 heteroatoms. The lowest BCUT2D eigenvalue weighted by Crippen LogP contribution is -2.34. The van der Waals surface area contributed by atoms with Gasteiger partial charge in [0.15, 0.2) is 6.61 Å². The fourth-order valence-electron chi connectivity index (χ4n) is 3.48. The number of nitrogens with one attached hydrogen (secondary N) is 2. The number of carbonyl (C=O) groups is 1. The number of hydrogen-bond donors (Lipinski definition) is 2. The summed E-state index contributed by atoms with van der Waals surface area (Å²) >= 11 is 0. The van der Waals surface area contributed by atoms with Crippen LogP contribution in [0.15, 0.2) is 48.5 Å². The minimum Gasteiger partial charge on any atom is -0.484 e. The quantitative estimate of drug-likeness (QED) is 0.758. The maximum absolute atomic E-state index is 13.6. The second kappa shape index (κ2) is 6.59. The zero-order valence-electron chi connectivity index (χ0n) is 13.7. The number of ether oxygens (including phenoxy) is 1. The Morgan fingerprint density at radius 3 is 2.92 bits per heavy atom. The van der Waals surface area contributed by atoms with Crippen LogP contribution in [-0.4, -0.2) is 17.5 Å². The number of H-pyrrole nitrogens is 1. The van der Waals surface area contributed by atoms with Gasteiger partial charge in [-0.05, 0) is 55.2 Å². The highest BCUT2D eigenvalue weighted by molar-refractivity contribution is 5.86. The summed E-state index contributed by atoms with van der Waals surface area (Å²) in [4.78, 5) is 15.6. The van der Waals surface area contributed by atoms with E-state index in [-0.39, 0.29) is 24.4 Å². The predicted octanol–water partition coefficient (Wildman–Crippen LogP) is 3.88. The molecule has 1 aliphatic carbocycles. The Labute approximate surface area is 145 Å². The van der Waals surface area contributed by atoms with Crippen molar-refractivity contribution in [3.8, 4) is 5.75 Å². The number of fused-ring (bicyclic) bond motifs is 3. The monoisotopic (exact) mass is 338 g/mol. The molecule has 4 rings (SSSR count). The van der Waals surface area contributed by atoms with Crippen molar-refractivity contribution in [3.63, 3.8) is 0 Å². The molecule has 3 aromatic rings. The maximum atomic E-state index is 13.6. The van der Waals surface area contributed by atoms with E-state index < -0.39 is 0 Å². The van der Waals surface area contributed by atoms with Crippen LogP contribution in [0.25, 0.3) is 10.9 Å². The lowest BCUT2D eigenvalue weighted by Gasteiger charge is -2.23. The van der Waals surface area contributed by atoms with Crippen molar-refractivity contribution in [3.05, 3.63) is 65.6 Å². The molecule has 1 aromatic heterocycles. The molecular weight excluding hydrogens is 319 g/mol. The SMILES string of the molecule is O=C(COc1ccccc1)N[C@@H]1CCCc2c1[nH]c1ccc(F)cc21. The zero-order chi connectivity index (χ0) is 17.2. The lowest BCUT2D eigenvalue weighted by molar-refractivity contribution is -0.124. The van der Waals surface area contributed by atoms with Crippen LogP contribution in [-0.2, 0) is 11.2 Å². The summed E-state index contributed by atoms with van der Waals surface area (Å²) in [6.07, 6.45) is 2.71. The number of para-hydroxylation sites is 1. The van der Waals surface area contributed by atoms with Crippen molar-refractivity contribution in [1.82, 2.24) is 10.3 Å². The first-order valence-electron chi connectivity index (χ1n) is 8.48. The third-order valence-corrected chi connectivity index (χ3v) is 4.62. The molecule has 0 bridgehead atoms. The molecule has 4 nitrogen and oxygen atoms in total. The highest BCUT2D eigenvalue weighted by atomic mass is 19.1. The number of carbonyl (C=O) groups excluding carboxylic acids is 1. The molecule has 0 unspecified atom stereocenters. The highest BCUT2D eigenvalue weighted by Crippen LogP contribution is 2.34. The van der Waals surface area contributed by atoms with Crippen molar-refractivity contribution in [2.24, 2.45) is 0 Å². The molecule has 2 aromatic carbocycles. The third-order valence-electron chi connectivity index (χ3n) is 4.62. The first-order chi connectivity index (χ1) is 12.2. The second-order valence-corrected chi connectivity index (χ2v) is 6.32.